The fourth-order valence-electron chi connectivity index (χ4n) is 2.98. The maximum absolute atomic E-state index is 12.3. The number of piperidine rings is 1. The van der Waals surface area contributed by atoms with Gasteiger partial charge in [0.1, 0.15) is 5.60 Å². The lowest BCUT2D eigenvalue weighted by Gasteiger charge is -2.38. The minimum Gasteiger partial charge on any atom is -0.444 e. The van der Waals surface area contributed by atoms with Crippen LogP contribution in [0.15, 0.2) is 30.3 Å². The summed E-state index contributed by atoms with van der Waals surface area (Å²) in [5.41, 5.74) is 0.607. The molecule has 0 spiro atoms. The molecule has 25 heavy (non-hydrogen) atoms. The van der Waals surface area contributed by atoms with E-state index in [-0.39, 0.29) is 18.2 Å². The van der Waals surface area contributed by atoms with Crippen LogP contribution in [0.5, 0.6) is 0 Å². The zero-order chi connectivity index (χ0) is 18.4. The van der Waals surface area contributed by atoms with Crippen molar-refractivity contribution in [2.24, 2.45) is 0 Å². The third-order valence-corrected chi connectivity index (χ3v) is 4.23. The molecule has 1 aromatic carbocycles. The molecule has 1 aliphatic heterocycles. The molecule has 1 aromatic rings. The third-order valence-electron chi connectivity index (χ3n) is 4.23. The Morgan fingerprint density at radius 3 is 2.32 bits per heavy atom. The van der Waals surface area contributed by atoms with E-state index in [9.17, 15) is 9.59 Å². The topological polar surface area (TPSA) is 61.9 Å². The van der Waals surface area contributed by atoms with E-state index in [2.05, 4.69) is 5.32 Å². The molecule has 1 N–H and O–H groups in total. The average molecular weight is 347 g/mol. The number of ether oxygens (including phenoxy) is 1. The molecule has 0 atom stereocenters. The maximum atomic E-state index is 12.3. The zero-order valence-corrected chi connectivity index (χ0v) is 15.6. The molecule has 0 saturated carbocycles. The van der Waals surface area contributed by atoms with E-state index in [0.717, 1.165) is 18.4 Å². The summed E-state index contributed by atoms with van der Waals surface area (Å²) in [5, 5.41) is 2.73. The van der Waals surface area contributed by atoms with Crippen molar-refractivity contribution in [2.45, 2.75) is 51.8 Å². The normalized spacial score (nSPS) is 15.6. The Morgan fingerprint density at radius 1 is 1.20 bits per heavy atom. The highest BCUT2D eigenvalue weighted by atomic mass is 16.6. The lowest BCUT2D eigenvalue weighted by molar-refractivity contribution is 0.0161. The van der Waals surface area contributed by atoms with Gasteiger partial charge in [-0.1, -0.05) is 30.3 Å². The average Bonchev–Trinajstić information content (AvgIpc) is 2.58. The van der Waals surface area contributed by atoms with E-state index in [4.69, 9.17) is 4.74 Å². The molecule has 6 heteroatoms. The Balaban J connectivity index is 1.97. The lowest BCUT2D eigenvalue weighted by Crippen LogP contribution is -2.51. The molecule has 0 aliphatic carbocycles. The van der Waals surface area contributed by atoms with Gasteiger partial charge >= 0.3 is 12.1 Å². The molecular weight excluding hydrogens is 318 g/mol. The summed E-state index contributed by atoms with van der Waals surface area (Å²) >= 11 is 0. The van der Waals surface area contributed by atoms with E-state index in [1.807, 2.05) is 56.0 Å². The molecular formula is C19H29N3O3. The van der Waals surface area contributed by atoms with Gasteiger partial charge in [-0.25, -0.2) is 9.59 Å². The molecule has 1 saturated heterocycles. The first kappa shape index (κ1) is 19.1. The third kappa shape index (κ3) is 5.66. The summed E-state index contributed by atoms with van der Waals surface area (Å²) in [5.74, 6) is 0. The van der Waals surface area contributed by atoms with Crippen LogP contribution < -0.4 is 5.32 Å². The number of carbonyl (C=O) groups excluding carboxylic acids is 2. The summed E-state index contributed by atoms with van der Waals surface area (Å²) in [6.07, 6.45) is 1.22. The molecule has 1 fully saturated rings. The van der Waals surface area contributed by atoms with Crippen molar-refractivity contribution in [1.29, 1.82) is 0 Å². The van der Waals surface area contributed by atoms with Crippen LogP contribution in [0.25, 0.3) is 0 Å². The maximum Gasteiger partial charge on any atom is 0.410 e. The number of urea groups is 1. The first-order chi connectivity index (χ1) is 11.8. The first-order valence-corrected chi connectivity index (χ1v) is 8.80. The van der Waals surface area contributed by atoms with Gasteiger partial charge in [0.2, 0.25) is 0 Å². The summed E-state index contributed by atoms with van der Waals surface area (Å²) < 4.78 is 5.43. The number of amides is 3. The van der Waals surface area contributed by atoms with Gasteiger partial charge in [-0.3, -0.25) is 0 Å². The van der Waals surface area contributed by atoms with Crippen LogP contribution in [0.1, 0.15) is 39.2 Å². The van der Waals surface area contributed by atoms with Gasteiger partial charge in [0.15, 0.2) is 0 Å². The second-order valence-corrected chi connectivity index (χ2v) is 7.37. The SMILES string of the molecule is CNC(=O)N(Cc1ccccc1)C1CCN(C(=O)OC(C)(C)C)CC1. The van der Waals surface area contributed by atoms with Crippen LogP contribution in [0.2, 0.25) is 0 Å². The van der Waals surface area contributed by atoms with Crippen LogP contribution >= 0.6 is 0 Å². The number of nitrogens with zero attached hydrogens (tertiary/aromatic N) is 2. The molecule has 3 amide bonds. The van der Waals surface area contributed by atoms with Crippen LogP contribution in [-0.4, -0.2) is 53.7 Å². The smallest absolute Gasteiger partial charge is 0.410 e. The van der Waals surface area contributed by atoms with E-state index in [1.54, 1.807) is 11.9 Å². The van der Waals surface area contributed by atoms with Gasteiger partial charge in [-0.2, -0.15) is 0 Å². The van der Waals surface area contributed by atoms with E-state index in [0.29, 0.717) is 19.6 Å². The molecule has 0 bridgehead atoms. The van der Waals surface area contributed by atoms with Gasteiger partial charge < -0.3 is 19.9 Å². The van der Waals surface area contributed by atoms with Crippen molar-refractivity contribution >= 4 is 12.1 Å². The summed E-state index contributed by atoms with van der Waals surface area (Å²) in [6, 6.07) is 9.98. The summed E-state index contributed by atoms with van der Waals surface area (Å²) in [4.78, 5) is 28.1. The number of hydrogen-bond acceptors (Lipinski definition) is 3. The quantitative estimate of drug-likeness (QED) is 0.913. The Labute approximate surface area is 150 Å². The highest BCUT2D eigenvalue weighted by Crippen LogP contribution is 2.21. The summed E-state index contributed by atoms with van der Waals surface area (Å²) in [6.45, 7) is 7.36. The Kier molecular flexibility index (Phi) is 6.28. The molecule has 6 nitrogen and oxygen atoms in total. The van der Waals surface area contributed by atoms with Crippen molar-refractivity contribution in [3.8, 4) is 0 Å². The Hall–Kier alpha value is -2.24. The second-order valence-electron chi connectivity index (χ2n) is 7.37. The predicted molar refractivity (Wildman–Crippen MR) is 97.3 cm³/mol. The number of hydrogen-bond donors (Lipinski definition) is 1. The van der Waals surface area contributed by atoms with Crippen LogP contribution in [0, 0.1) is 0 Å². The lowest BCUT2D eigenvalue weighted by atomic mass is 10.0. The van der Waals surface area contributed by atoms with E-state index in [1.165, 1.54) is 0 Å². The van der Waals surface area contributed by atoms with Crippen LogP contribution in [-0.2, 0) is 11.3 Å². The van der Waals surface area contributed by atoms with Gasteiger partial charge in [-0.15, -0.1) is 0 Å². The number of likely N-dealkylation sites (tertiary alicyclic amines) is 1. The molecule has 138 valence electrons. The highest BCUT2D eigenvalue weighted by Gasteiger charge is 2.31. The monoisotopic (exact) mass is 347 g/mol. The van der Waals surface area contributed by atoms with Crippen LogP contribution in [0.4, 0.5) is 9.59 Å². The predicted octanol–water partition coefficient (Wildman–Crippen LogP) is 3.23. The minimum atomic E-state index is -0.491. The van der Waals surface area contributed by atoms with E-state index >= 15 is 0 Å². The number of rotatable bonds is 3. The molecule has 0 radical (unpaired) electrons. The fraction of sp³-hybridized carbons (Fsp3) is 0.579. The first-order valence-electron chi connectivity index (χ1n) is 8.80. The van der Waals surface area contributed by atoms with Crippen LogP contribution in [0.3, 0.4) is 0 Å². The van der Waals surface area contributed by atoms with Gasteiger partial charge in [0, 0.05) is 32.7 Å². The fourth-order valence-corrected chi connectivity index (χ4v) is 2.98. The molecule has 1 heterocycles. The molecule has 0 unspecified atom stereocenters. The summed E-state index contributed by atoms with van der Waals surface area (Å²) in [7, 11) is 1.65. The Morgan fingerprint density at radius 2 is 1.80 bits per heavy atom. The minimum absolute atomic E-state index is 0.0837. The zero-order valence-electron chi connectivity index (χ0n) is 15.6. The van der Waals surface area contributed by atoms with Gasteiger partial charge in [-0.05, 0) is 39.2 Å². The largest absolute Gasteiger partial charge is 0.444 e. The second kappa shape index (κ2) is 8.23. The number of benzene rings is 1. The standard InChI is InChI=1S/C19H29N3O3/c1-19(2,3)25-18(24)21-12-10-16(11-13-21)22(17(23)20-4)14-15-8-6-5-7-9-15/h5-9,16H,10-14H2,1-4H3,(H,20,23). The molecule has 0 aromatic heterocycles. The molecule has 2 rings (SSSR count). The van der Waals surface area contributed by atoms with Crippen molar-refractivity contribution < 1.29 is 14.3 Å². The molecule has 1 aliphatic rings. The van der Waals surface area contributed by atoms with E-state index < -0.39 is 5.60 Å². The van der Waals surface area contributed by atoms with Gasteiger partial charge in [0.05, 0.1) is 0 Å². The highest BCUT2D eigenvalue weighted by molar-refractivity contribution is 5.74. The Bertz CT molecular complexity index is 575. The van der Waals surface area contributed by atoms with Crippen molar-refractivity contribution in [3.05, 3.63) is 35.9 Å². The van der Waals surface area contributed by atoms with Crippen molar-refractivity contribution in [1.82, 2.24) is 15.1 Å². The van der Waals surface area contributed by atoms with Crippen molar-refractivity contribution in [2.75, 3.05) is 20.1 Å². The van der Waals surface area contributed by atoms with Crippen molar-refractivity contribution in [3.63, 3.8) is 0 Å². The number of carbonyl (C=O) groups is 2. The number of nitrogens with one attached hydrogen (secondary N) is 1. The van der Waals surface area contributed by atoms with Gasteiger partial charge in [0.25, 0.3) is 0 Å².